The number of carbonyl (C=O) groups is 6. The molecule has 15 heterocycles. The maximum Gasteiger partial charge on any atom is 0.401 e. The van der Waals surface area contributed by atoms with Crippen LogP contribution in [0.4, 0.5) is 43.4 Å². The predicted octanol–water partition coefficient (Wildman–Crippen LogP) is 9.96. The van der Waals surface area contributed by atoms with Crippen molar-refractivity contribution in [1.82, 2.24) is 89.6 Å². The van der Waals surface area contributed by atoms with Gasteiger partial charge in [-0.1, -0.05) is 25.1 Å². The van der Waals surface area contributed by atoms with Crippen LogP contribution in [0.2, 0.25) is 0 Å². The van der Waals surface area contributed by atoms with Crippen LogP contribution in [0.15, 0.2) is 179 Å². The van der Waals surface area contributed by atoms with Crippen LogP contribution in [0, 0.1) is 0 Å². The number of furan rings is 3. The molecule has 0 aromatic carbocycles. The molecule has 3 saturated heterocycles. The third kappa shape index (κ3) is 18.7. The Balaban J connectivity index is 0.000000152. The van der Waals surface area contributed by atoms with E-state index in [2.05, 4.69) is 71.7 Å². The number of likely N-dealkylation sites (tertiary alicyclic amines) is 3. The normalized spacial score (nSPS) is 13.9. The molecule has 0 saturated carbocycles. The lowest BCUT2D eigenvalue weighted by Gasteiger charge is -2.39. The van der Waals surface area contributed by atoms with Gasteiger partial charge in [-0.15, -0.1) is 0 Å². The van der Waals surface area contributed by atoms with E-state index in [0.29, 0.717) is 99.1 Å². The molecular formula is C67H63F6N21O11. The summed E-state index contributed by atoms with van der Waals surface area (Å²) in [7, 11) is 0. The quantitative estimate of drug-likeness (QED) is 0.0275. The Morgan fingerprint density at radius 3 is 1.08 bits per heavy atom. The van der Waals surface area contributed by atoms with Crippen molar-refractivity contribution in [2.75, 3.05) is 68.3 Å². The minimum absolute atomic E-state index is 0.0511. The van der Waals surface area contributed by atoms with Gasteiger partial charge in [0.1, 0.15) is 34.4 Å². The van der Waals surface area contributed by atoms with Crippen molar-refractivity contribution in [3.63, 3.8) is 0 Å². The maximum atomic E-state index is 12.9. The van der Waals surface area contributed by atoms with Crippen LogP contribution in [0.25, 0.3) is 68.1 Å². The lowest BCUT2D eigenvalue weighted by atomic mass is 10.1. The molecule has 3 aliphatic rings. The van der Waals surface area contributed by atoms with Gasteiger partial charge in [0.25, 0.3) is 30.7 Å². The zero-order valence-corrected chi connectivity index (χ0v) is 55.1. The molecule has 12 aromatic rings. The molecule has 32 nitrogen and oxygen atoms in total. The number of amides is 4. The summed E-state index contributed by atoms with van der Waals surface area (Å²) < 4.78 is 97.6. The standard InChI is InChI=1S/C23H23N7O3.2C21H18F3N7O2.2CH2O2/c1-2-5-21(31)29-12-16(13-29)30-14-18(22(28-30)17-6-3-4-9-24-17)27-23(32)20-8-7-19(33-20)15-10-25-26-11-15;2*22-21(23,24)12-30-9-14(10-30)31-11-16(19(29-31)15-3-1-2-6-25-15)28-20(32)18-5-4-17(33-18)13-7-26-27-8-13;2*2-1-3/h3-4,6-11,14,16H,2,5,12-13H2,1H3,(H,25,26)(H,27,32);2*1-8,11,14H,9-10,12H2,(H,26,27)(H,28,32);2*1H,(H,2,3). The predicted molar refractivity (Wildman–Crippen MR) is 360 cm³/mol. The van der Waals surface area contributed by atoms with Gasteiger partial charge in [-0.25, -0.2) is 0 Å². The number of carboxylic acid groups (broad SMARTS) is 2. The highest BCUT2D eigenvalue weighted by Crippen LogP contribution is 2.36. The number of carbonyl (C=O) groups excluding carboxylic acids is 4. The third-order valence-corrected chi connectivity index (χ3v) is 16.0. The van der Waals surface area contributed by atoms with E-state index in [0.717, 1.165) is 12.0 Å². The van der Waals surface area contributed by atoms with E-state index in [1.165, 1.54) is 9.80 Å². The Bertz CT molecular complexity index is 4600. The molecule has 3 fully saturated rings. The number of H-pyrrole nitrogens is 3. The van der Waals surface area contributed by atoms with Crippen molar-refractivity contribution in [2.24, 2.45) is 0 Å². The number of hydrogen-bond acceptors (Lipinski definition) is 20. The van der Waals surface area contributed by atoms with Crippen molar-refractivity contribution >= 4 is 53.6 Å². The van der Waals surface area contributed by atoms with Gasteiger partial charge in [0.2, 0.25) is 5.91 Å². The molecule has 0 atom stereocenters. The number of nitrogens with one attached hydrogen (secondary N) is 6. The summed E-state index contributed by atoms with van der Waals surface area (Å²) in [4.78, 5) is 84.8. The Morgan fingerprint density at radius 2 is 0.810 bits per heavy atom. The molecular weight excluding hydrogens is 1390 g/mol. The molecule has 0 unspecified atom stereocenters. The summed E-state index contributed by atoms with van der Waals surface area (Å²) in [6.45, 7) is 1.62. The van der Waals surface area contributed by atoms with Gasteiger partial charge in [0.05, 0.1) is 101 Å². The number of alkyl halides is 6. The highest BCUT2D eigenvalue weighted by atomic mass is 19.4. The molecule has 105 heavy (non-hydrogen) atoms. The van der Waals surface area contributed by atoms with E-state index in [9.17, 15) is 45.5 Å². The minimum atomic E-state index is -4.24. The number of aromatic nitrogens is 15. The van der Waals surface area contributed by atoms with Crippen molar-refractivity contribution in [3.8, 4) is 68.1 Å². The average Bonchev–Trinajstić information content (AvgIpc) is 1.68. The Labute approximate surface area is 589 Å². The van der Waals surface area contributed by atoms with Crippen molar-refractivity contribution < 1.29 is 78.6 Å². The largest absolute Gasteiger partial charge is 0.483 e. The first-order valence-electron chi connectivity index (χ1n) is 31.9. The molecule has 544 valence electrons. The lowest BCUT2D eigenvalue weighted by Crippen LogP contribution is -2.51. The first kappa shape index (κ1) is 73.1. The van der Waals surface area contributed by atoms with Gasteiger partial charge in [-0.05, 0) is 79.2 Å². The van der Waals surface area contributed by atoms with Gasteiger partial charge in [-0.2, -0.15) is 56.9 Å². The zero-order valence-electron chi connectivity index (χ0n) is 55.1. The van der Waals surface area contributed by atoms with Crippen LogP contribution in [0.3, 0.4) is 0 Å². The monoisotopic (exact) mass is 1450 g/mol. The average molecular weight is 1450 g/mol. The molecule has 38 heteroatoms. The summed E-state index contributed by atoms with van der Waals surface area (Å²) in [5, 5.41) is 55.6. The number of halogens is 6. The second kappa shape index (κ2) is 33.1. The number of rotatable bonds is 19. The van der Waals surface area contributed by atoms with Crippen molar-refractivity contribution in [2.45, 2.75) is 50.2 Å². The molecule has 0 aliphatic carbocycles. The number of anilines is 3. The van der Waals surface area contributed by atoms with Gasteiger partial charge in [-0.3, -0.25) is 82.9 Å². The first-order chi connectivity index (χ1) is 50.7. The third-order valence-electron chi connectivity index (χ3n) is 16.0. The fourth-order valence-electron chi connectivity index (χ4n) is 11.0. The Hall–Kier alpha value is -13.1. The summed E-state index contributed by atoms with van der Waals surface area (Å²) in [5.41, 5.74) is 6.53. The molecule has 0 spiro atoms. The van der Waals surface area contributed by atoms with E-state index in [1.807, 2.05) is 30.0 Å². The van der Waals surface area contributed by atoms with E-state index < -0.39 is 43.2 Å². The molecule has 4 amide bonds. The van der Waals surface area contributed by atoms with Gasteiger partial charge in [0.15, 0.2) is 17.3 Å². The number of nitrogens with zero attached hydrogens (tertiary/aromatic N) is 15. The smallest absolute Gasteiger partial charge is 0.401 e. The Morgan fingerprint density at radius 1 is 0.495 bits per heavy atom. The van der Waals surface area contributed by atoms with Crippen molar-refractivity contribution in [3.05, 3.63) is 183 Å². The fourth-order valence-corrected chi connectivity index (χ4v) is 11.0. The van der Waals surface area contributed by atoms with E-state index in [1.54, 1.807) is 161 Å². The molecule has 8 N–H and O–H groups in total. The fraction of sp³-hybridized carbons (Fsp3) is 0.239. The second-order valence-electron chi connectivity index (χ2n) is 23.4. The van der Waals surface area contributed by atoms with E-state index in [-0.39, 0.29) is 80.4 Å². The second-order valence-corrected chi connectivity index (χ2v) is 23.4. The van der Waals surface area contributed by atoms with E-state index >= 15 is 0 Å². The highest BCUT2D eigenvalue weighted by molar-refractivity contribution is 6.06. The van der Waals surface area contributed by atoms with Crippen LogP contribution >= 0.6 is 0 Å². The highest BCUT2D eigenvalue weighted by Gasteiger charge is 2.40. The van der Waals surface area contributed by atoms with Crippen molar-refractivity contribution in [1.29, 1.82) is 0 Å². The summed E-state index contributed by atoms with van der Waals surface area (Å²) in [6.07, 6.45) is 12.5. The first-order valence-corrected chi connectivity index (χ1v) is 31.9. The molecule has 0 radical (unpaired) electrons. The number of aromatic amines is 3. The van der Waals surface area contributed by atoms with Crippen LogP contribution in [-0.4, -0.2) is 201 Å². The Kier molecular flexibility index (Phi) is 23.1. The zero-order chi connectivity index (χ0) is 74.2. The van der Waals surface area contributed by atoms with Crippen LogP contribution in [0.5, 0.6) is 0 Å². The lowest BCUT2D eigenvalue weighted by molar-refractivity contribution is -0.158. The van der Waals surface area contributed by atoms with Gasteiger partial charge >= 0.3 is 12.4 Å². The van der Waals surface area contributed by atoms with Crippen LogP contribution in [-0.2, 0) is 14.4 Å². The topological polar surface area (TPSA) is 406 Å². The SMILES string of the molecule is CCCC(=O)N1CC(n2cc(NC(=O)c3ccc(-c4cn[nH]c4)o3)c(-c3ccccn3)n2)C1.O=C(Nc1cn(C2CN(CC(F)(F)F)C2)nc1-c1ccccn1)c1ccc(-c2cn[nH]c2)o1.O=C(Nc1cn(C2CN(CC(F)(F)F)C2)nc1-c1ccccn1)c1ccc(-c2cn[nH]c2)o1.O=CO.O=CO. The molecule has 0 bridgehead atoms. The molecule has 15 rings (SSSR count). The molecule has 3 aliphatic heterocycles. The number of pyridine rings is 3. The van der Waals surface area contributed by atoms with Crippen LogP contribution in [0.1, 0.15) is 69.6 Å². The van der Waals surface area contributed by atoms with Gasteiger partial charge < -0.3 is 44.3 Å². The van der Waals surface area contributed by atoms with Gasteiger partial charge in [0, 0.05) is 101 Å². The number of hydrogen-bond donors (Lipinski definition) is 8. The summed E-state index contributed by atoms with van der Waals surface area (Å²) >= 11 is 0. The summed E-state index contributed by atoms with van der Waals surface area (Å²) in [5.74, 6) is 0.633. The minimum Gasteiger partial charge on any atom is -0.483 e. The summed E-state index contributed by atoms with van der Waals surface area (Å²) in [6, 6.07) is 25.4. The molecule has 12 aromatic heterocycles. The van der Waals surface area contributed by atoms with E-state index in [4.69, 9.17) is 38.2 Å². The maximum absolute atomic E-state index is 12.9. The van der Waals surface area contributed by atoms with Crippen LogP contribution < -0.4 is 16.0 Å².